The monoisotopic (exact) mass is 442 g/mol. The number of nitrogens with one attached hydrogen (secondary N) is 2. The van der Waals surface area contributed by atoms with Gasteiger partial charge in [-0.05, 0) is 60.1 Å². The molecule has 0 spiro atoms. The molecule has 1 atom stereocenters. The second-order valence-corrected chi connectivity index (χ2v) is 8.43. The number of aromatic nitrogens is 2. The number of halogens is 3. The SMILES string of the molecule is CCC(C)c1ccc(Nc2ncc(C(F)(F)F)c(Nc3cccc(CC(C)C)c3)n2)cc1. The number of nitrogens with zero attached hydrogens (tertiary/aromatic N) is 2. The quantitative estimate of drug-likeness (QED) is 0.375. The van der Waals surface area contributed by atoms with Crippen LogP contribution < -0.4 is 10.6 Å². The molecule has 0 saturated carbocycles. The number of hydrogen-bond acceptors (Lipinski definition) is 4. The topological polar surface area (TPSA) is 49.8 Å². The number of rotatable bonds is 8. The Morgan fingerprint density at radius 2 is 1.66 bits per heavy atom. The first kappa shape index (κ1) is 23.6. The Labute approximate surface area is 187 Å². The van der Waals surface area contributed by atoms with Crippen molar-refractivity contribution in [1.82, 2.24) is 9.97 Å². The molecular weight excluding hydrogens is 413 g/mol. The van der Waals surface area contributed by atoms with Crippen LogP contribution >= 0.6 is 0 Å². The van der Waals surface area contributed by atoms with E-state index in [2.05, 4.69) is 48.3 Å². The normalized spacial score (nSPS) is 12.6. The minimum Gasteiger partial charge on any atom is -0.340 e. The van der Waals surface area contributed by atoms with E-state index < -0.39 is 11.7 Å². The van der Waals surface area contributed by atoms with E-state index in [-0.39, 0.29) is 11.8 Å². The predicted octanol–water partition coefficient (Wildman–Crippen LogP) is 7.69. The average Bonchev–Trinajstić information content (AvgIpc) is 2.73. The molecule has 170 valence electrons. The van der Waals surface area contributed by atoms with Crippen molar-refractivity contribution in [2.75, 3.05) is 10.6 Å². The molecular formula is C25H29F3N4. The highest BCUT2D eigenvalue weighted by Gasteiger charge is 2.35. The van der Waals surface area contributed by atoms with Gasteiger partial charge < -0.3 is 10.6 Å². The van der Waals surface area contributed by atoms with Crippen LogP contribution in [0.15, 0.2) is 54.7 Å². The van der Waals surface area contributed by atoms with Gasteiger partial charge in [0.05, 0.1) is 0 Å². The van der Waals surface area contributed by atoms with E-state index in [1.807, 2.05) is 42.5 Å². The molecule has 3 aromatic rings. The van der Waals surface area contributed by atoms with E-state index in [1.54, 1.807) is 6.07 Å². The molecule has 0 bridgehead atoms. The lowest BCUT2D eigenvalue weighted by Gasteiger charge is -2.16. The number of benzene rings is 2. The summed E-state index contributed by atoms with van der Waals surface area (Å²) in [5.41, 5.74) is 2.60. The van der Waals surface area contributed by atoms with Crippen LogP contribution in [0.2, 0.25) is 0 Å². The third-order valence-electron chi connectivity index (χ3n) is 5.28. The Morgan fingerprint density at radius 3 is 2.28 bits per heavy atom. The zero-order valence-electron chi connectivity index (χ0n) is 18.8. The molecule has 0 aliphatic carbocycles. The van der Waals surface area contributed by atoms with Crippen molar-refractivity contribution in [2.24, 2.45) is 5.92 Å². The highest BCUT2D eigenvalue weighted by molar-refractivity contribution is 5.63. The molecule has 32 heavy (non-hydrogen) atoms. The van der Waals surface area contributed by atoms with Crippen molar-refractivity contribution >= 4 is 23.1 Å². The maximum absolute atomic E-state index is 13.6. The number of anilines is 4. The molecule has 7 heteroatoms. The van der Waals surface area contributed by atoms with Crippen LogP contribution in [0.25, 0.3) is 0 Å². The molecule has 0 amide bonds. The lowest BCUT2D eigenvalue weighted by atomic mass is 9.99. The van der Waals surface area contributed by atoms with Crippen LogP contribution in [0.3, 0.4) is 0 Å². The van der Waals surface area contributed by atoms with Gasteiger partial charge in [-0.3, -0.25) is 0 Å². The van der Waals surface area contributed by atoms with Crippen molar-refractivity contribution < 1.29 is 13.2 Å². The van der Waals surface area contributed by atoms with Crippen LogP contribution in [0, 0.1) is 5.92 Å². The zero-order chi connectivity index (χ0) is 23.3. The summed E-state index contributed by atoms with van der Waals surface area (Å²) in [5, 5.41) is 5.84. The lowest BCUT2D eigenvalue weighted by molar-refractivity contribution is -0.137. The first-order chi connectivity index (χ1) is 15.2. The Hall–Kier alpha value is -3.09. The molecule has 1 aromatic heterocycles. The minimum absolute atomic E-state index is 0.0927. The summed E-state index contributed by atoms with van der Waals surface area (Å²) in [6.07, 6.45) is -1.90. The van der Waals surface area contributed by atoms with Gasteiger partial charge in [-0.2, -0.15) is 18.2 Å². The molecule has 0 saturated heterocycles. The summed E-state index contributed by atoms with van der Waals surface area (Å²) >= 11 is 0. The Balaban J connectivity index is 1.87. The van der Waals surface area contributed by atoms with Gasteiger partial charge in [-0.25, -0.2) is 4.98 Å². The second kappa shape index (κ2) is 10.0. The highest BCUT2D eigenvalue weighted by Crippen LogP contribution is 2.35. The molecule has 0 radical (unpaired) electrons. The van der Waals surface area contributed by atoms with E-state index in [0.717, 1.165) is 24.6 Å². The van der Waals surface area contributed by atoms with E-state index in [0.29, 0.717) is 23.2 Å². The molecule has 2 N–H and O–H groups in total. The number of alkyl halides is 3. The molecule has 3 rings (SSSR count). The summed E-state index contributed by atoms with van der Waals surface area (Å²) in [4.78, 5) is 8.03. The van der Waals surface area contributed by atoms with Crippen LogP contribution in [-0.2, 0) is 12.6 Å². The van der Waals surface area contributed by atoms with Crippen molar-refractivity contribution in [3.05, 3.63) is 71.4 Å². The average molecular weight is 443 g/mol. The number of hydrogen-bond donors (Lipinski definition) is 2. The van der Waals surface area contributed by atoms with E-state index in [4.69, 9.17) is 0 Å². The van der Waals surface area contributed by atoms with Crippen molar-refractivity contribution in [1.29, 1.82) is 0 Å². The maximum atomic E-state index is 13.6. The van der Waals surface area contributed by atoms with Crippen molar-refractivity contribution in [2.45, 2.75) is 52.6 Å². The van der Waals surface area contributed by atoms with Gasteiger partial charge in [0.15, 0.2) is 0 Å². The van der Waals surface area contributed by atoms with E-state index >= 15 is 0 Å². The Bertz CT molecular complexity index is 1030. The largest absolute Gasteiger partial charge is 0.421 e. The molecule has 2 aromatic carbocycles. The van der Waals surface area contributed by atoms with Gasteiger partial charge in [0, 0.05) is 17.6 Å². The summed E-state index contributed by atoms with van der Waals surface area (Å²) in [6, 6.07) is 15.1. The highest BCUT2D eigenvalue weighted by atomic mass is 19.4. The molecule has 1 heterocycles. The van der Waals surface area contributed by atoms with Gasteiger partial charge in [0.25, 0.3) is 0 Å². The fraction of sp³-hybridized carbons (Fsp3) is 0.360. The molecule has 0 aliphatic heterocycles. The van der Waals surface area contributed by atoms with E-state index in [1.165, 1.54) is 5.56 Å². The van der Waals surface area contributed by atoms with Crippen LogP contribution in [0.1, 0.15) is 56.7 Å². The fourth-order valence-electron chi connectivity index (χ4n) is 3.39. The Morgan fingerprint density at radius 1 is 0.938 bits per heavy atom. The van der Waals surface area contributed by atoms with Gasteiger partial charge in [0.2, 0.25) is 5.95 Å². The predicted molar refractivity (Wildman–Crippen MR) is 124 cm³/mol. The van der Waals surface area contributed by atoms with E-state index in [9.17, 15) is 13.2 Å². The lowest BCUT2D eigenvalue weighted by Crippen LogP contribution is -2.12. The van der Waals surface area contributed by atoms with Crippen molar-refractivity contribution in [3.8, 4) is 0 Å². The molecule has 4 nitrogen and oxygen atoms in total. The first-order valence-corrected chi connectivity index (χ1v) is 10.8. The maximum Gasteiger partial charge on any atom is 0.421 e. The van der Waals surface area contributed by atoms with Crippen LogP contribution in [-0.4, -0.2) is 9.97 Å². The first-order valence-electron chi connectivity index (χ1n) is 10.8. The Kier molecular flexibility index (Phi) is 7.38. The second-order valence-electron chi connectivity index (χ2n) is 8.43. The third-order valence-corrected chi connectivity index (χ3v) is 5.28. The van der Waals surface area contributed by atoms with Crippen LogP contribution in [0.5, 0.6) is 0 Å². The minimum atomic E-state index is -4.58. The molecule has 0 fully saturated rings. The summed E-state index contributed by atoms with van der Waals surface area (Å²) in [6.45, 7) is 8.47. The summed E-state index contributed by atoms with van der Waals surface area (Å²) in [5.74, 6) is 0.689. The van der Waals surface area contributed by atoms with Gasteiger partial charge in [0.1, 0.15) is 11.4 Å². The molecule has 1 unspecified atom stereocenters. The standard InChI is InChI=1S/C25H29F3N4/c1-5-17(4)19-9-11-20(12-10-19)31-24-29-15-22(25(26,27)28)23(32-24)30-21-8-6-7-18(14-21)13-16(2)3/h6-12,14-17H,5,13H2,1-4H3,(H2,29,30,31,32). The summed E-state index contributed by atoms with van der Waals surface area (Å²) in [7, 11) is 0. The van der Waals surface area contributed by atoms with Crippen molar-refractivity contribution in [3.63, 3.8) is 0 Å². The van der Waals surface area contributed by atoms with Gasteiger partial charge in [-0.15, -0.1) is 0 Å². The third kappa shape index (κ3) is 6.22. The summed E-state index contributed by atoms with van der Waals surface area (Å²) < 4.78 is 40.7. The van der Waals surface area contributed by atoms with Gasteiger partial charge in [-0.1, -0.05) is 52.0 Å². The smallest absolute Gasteiger partial charge is 0.340 e. The zero-order valence-corrected chi connectivity index (χ0v) is 18.8. The molecule has 0 aliphatic rings. The fourth-order valence-corrected chi connectivity index (χ4v) is 3.39. The van der Waals surface area contributed by atoms with Crippen LogP contribution in [0.4, 0.5) is 36.3 Å². The van der Waals surface area contributed by atoms with Gasteiger partial charge >= 0.3 is 6.18 Å².